The number of hydrogen-bond donors (Lipinski definition) is 1. The highest BCUT2D eigenvalue weighted by Gasteiger charge is 2.24. The van der Waals surface area contributed by atoms with E-state index in [0.29, 0.717) is 5.92 Å². The van der Waals surface area contributed by atoms with Gasteiger partial charge >= 0.3 is 11.9 Å². The molecule has 1 fully saturated rings. The van der Waals surface area contributed by atoms with Gasteiger partial charge in [-0.15, -0.1) is 0 Å². The maximum atomic E-state index is 11.4. The smallest absolute Gasteiger partial charge is 0.396 e. The first-order chi connectivity index (χ1) is 7.65. The maximum Gasteiger partial charge on any atom is 0.396 e. The number of amides is 1. The van der Waals surface area contributed by atoms with Crippen LogP contribution >= 0.6 is 0 Å². The van der Waals surface area contributed by atoms with Crippen LogP contribution in [0.25, 0.3) is 0 Å². The van der Waals surface area contributed by atoms with Crippen LogP contribution in [0.5, 0.6) is 0 Å². The first-order valence-electron chi connectivity index (χ1n) is 6.12. The molecule has 0 spiro atoms. The van der Waals surface area contributed by atoms with Gasteiger partial charge in [0.2, 0.25) is 0 Å². The van der Waals surface area contributed by atoms with Gasteiger partial charge in [-0.2, -0.15) is 0 Å². The second-order valence-corrected chi connectivity index (χ2v) is 4.38. The van der Waals surface area contributed by atoms with Crippen molar-refractivity contribution in [2.45, 2.75) is 52.0 Å². The average molecular weight is 227 g/mol. The van der Waals surface area contributed by atoms with E-state index < -0.39 is 11.9 Å². The normalized spacial score (nSPS) is 18.9. The first kappa shape index (κ1) is 13.0. The molecule has 1 unspecified atom stereocenters. The van der Waals surface area contributed by atoms with E-state index >= 15 is 0 Å². The molecule has 0 aliphatic heterocycles. The molecule has 1 aliphatic rings. The number of nitrogens with one attached hydrogen (secondary N) is 1. The third kappa shape index (κ3) is 3.83. The van der Waals surface area contributed by atoms with Crippen LogP contribution in [-0.2, 0) is 14.3 Å². The van der Waals surface area contributed by atoms with Gasteiger partial charge in [-0.3, -0.25) is 4.79 Å². The Kier molecular flexibility index (Phi) is 5.29. The van der Waals surface area contributed by atoms with E-state index in [1.54, 1.807) is 6.92 Å². The molecule has 0 bridgehead atoms. The van der Waals surface area contributed by atoms with Crippen molar-refractivity contribution in [2.75, 3.05) is 6.61 Å². The Morgan fingerprint density at radius 2 is 1.94 bits per heavy atom. The minimum Gasteiger partial charge on any atom is -0.459 e. The summed E-state index contributed by atoms with van der Waals surface area (Å²) in [5.41, 5.74) is 0. The Morgan fingerprint density at radius 1 is 1.31 bits per heavy atom. The van der Waals surface area contributed by atoms with Crippen LogP contribution in [0.2, 0.25) is 0 Å². The molecule has 1 N–H and O–H groups in total. The largest absolute Gasteiger partial charge is 0.459 e. The lowest BCUT2D eigenvalue weighted by molar-refractivity contribution is -0.155. The highest BCUT2D eigenvalue weighted by molar-refractivity contribution is 6.32. The van der Waals surface area contributed by atoms with Crippen LogP contribution in [0.15, 0.2) is 0 Å². The third-order valence-corrected chi connectivity index (χ3v) is 3.18. The van der Waals surface area contributed by atoms with Gasteiger partial charge in [-0.05, 0) is 32.6 Å². The Labute approximate surface area is 96.7 Å². The van der Waals surface area contributed by atoms with Crippen molar-refractivity contribution in [3.63, 3.8) is 0 Å². The molecule has 0 heterocycles. The molecular formula is C12H21NO3. The highest BCUT2D eigenvalue weighted by atomic mass is 16.5. The predicted octanol–water partition coefficient (Wildman–Crippen LogP) is 1.63. The van der Waals surface area contributed by atoms with Crippen LogP contribution in [0.1, 0.15) is 46.0 Å². The Morgan fingerprint density at radius 3 is 2.50 bits per heavy atom. The molecule has 1 amide bonds. The van der Waals surface area contributed by atoms with Crippen molar-refractivity contribution >= 4 is 11.9 Å². The molecule has 0 saturated heterocycles. The quantitative estimate of drug-likeness (QED) is 0.589. The molecule has 1 saturated carbocycles. The minimum atomic E-state index is -0.773. The topological polar surface area (TPSA) is 55.4 Å². The average Bonchev–Trinajstić information content (AvgIpc) is 2.30. The third-order valence-electron chi connectivity index (χ3n) is 3.18. The van der Waals surface area contributed by atoms with Crippen molar-refractivity contribution in [2.24, 2.45) is 5.92 Å². The van der Waals surface area contributed by atoms with Gasteiger partial charge in [0.15, 0.2) is 0 Å². The van der Waals surface area contributed by atoms with Crippen molar-refractivity contribution in [1.82, 2.24) is 5.32 Å². The SMILES string of the molecule is CCOC(=O)C(=O)NC(C)C1CCCCC1. The van der Waals surface area contributed by atoms with Gasteiger partial charge in [0.05, 0.1) is 6.61 Å². The van der Waals surface area contributed by atoms with Gasteiger partial charge in [-0.1, -0.05) is 19.3 Å². The van der Waals surface area contributed by atoms with Crippen molar-refractivity contribution in [3.8, 4) is 0 Å². The fourth-order valence-corrected chi connectivity index (χ4v) is 2.21. The zero-order valence-corrected chi connectivity index (χ0v) is 10.1. The Hall–Kier alpha value is -1.06. The molecular weight excluding hydrogens is 206 g/mol. The zero-order valence-electron chi connectivity index (χ0n) is 10.1. The number of carbonyl (C=O) groups excluding carboxylic acids is 2. The summed E-state index contributed by atoms with van der Waals surface area (Å²) < 4.78 is 4.64. The van der Waals surface area contributed by atoms with Crippen LogP contribution in [0, 0.1) is 5.92 Å². The summed E-state index contributed by atoms with van der Waals surface area (Å²) in [5, 5.41) is 2.72. The number of hydrogen-bond acceptors (Lipinski definition) is 3. The van der Waals surface area contributed by atoms with E-state index in [9.17, 15) is 9.59 Å². The molecule has 16 heavy (non-hydrogen) atoms. The summed E-state index contributed by atoms with van der Waals surface area (Å²) in [6.45, 7) is 3.90. The van der Waals surface area contributed by atoms with Crippen molar-refractivity contribution in [3.05, 3.63) is 0 Å². The number of ether oxygens (including phenoxy) is 1. The highest BCUT2D eigenvalue weighted by Crippen LogP contribution is 2.26. The van der Waals surface area contributed by atoms with Gasteiger partial charge in [0, 0.05) is 6.04 Å². The molecule has 0 aromatic heterocycles. The monoisotopic (exact) mass is 227 g/mol. The van der Waals surface area contributed by atoms with E-state index in [0.717, 1.165) is 12.8 Å². The molecule has 4 heteroatoms. The summed E-state index contributed by atoms with van der Waals surface area (Å²) in [7, 11) is 0. The fourth-order valence-electron chi connectivity index (χ4n) is 2.21. The van der Waals surface area contributed by atoms with E-state index in [4.69, 9.17) is 0 Å². The molecule has 1 rings (SSSR count). The minimum absolute atomic E-state index is 0.0669. The molecule has 0 aromatic rings. The van der Waals surface area contributed by atoms with Gasteiger partial charge in [0.25, 0.3) is 0 Å². The molecule has 92 valence electrons. The Bertz CT molecular complexity index is 247. The Balaban J connectivity index is 2.34. The lowest BCUT2D eigenvalue weighted by Gasteiger charge is -2.27. The lowest BCUT2D eigenvalue weighted by Crippen LogP contribution is -2.42. The summed E-state index contributed by atoms with van der Waals surface area (Å²) in [4.78, 5) is 22.5. The van der Waals surface area contributed by atoms with Gasteiger partial charge < -0.3 is 10.1 Å². The zero-order chi connectivity index (χ0) is 12.0. The standard InChI is InChI=1S/C12H21NO3/c1-3-16-12(15)11(14)13-9(2)10-7-5-4-6-8-10/h9-10H,3-8H2,1-2H3,(H,13,14). The summed E-state index contributed by atoms with van der Waals surface area (Å²) in [5.74, 6) is -0.878. The maximum absolute atomic E-state index is 11.4. The van der Waals surface area contributed by atoms with Crippen LogP contribution in [0.4, 0.5) is 0 Å². The van der Waals surface area contributed by atoms with E-state index in [1.165, 1.54) is 19.3 Å². The number of carbonyl (C=O) groups is 2. The molecule has 0 aromatic carbocycles. The molecule has 4 nitrogen and oxygen atoms in total. The van der Waals surface area contributed by atoms with Gasteiger partial charge in [-0.25, -0.2) is 4.79 Å². The van der Waals surface area contributed by atoms with E-state index in [2.05, 4.69) is 10.1 Å². The van der Waals surface area contributed by atoms with E-state index in [1.807, 2.05) is 6.92 Å². The summed E-state index contributed by atoms with van der Waals surface area (Å²) in [6.07, 6.45) is 6.03. The molecule has 1 aliphatic carbocycles. The molecule has 1 atom stereocenters. The first-order valence-corrected chi connectivity index (χ1v) is 6.12. The van der Waals surface area contributed by atoms with Crippen molar-refractivity contribution in [1.29, 1.82) is 0 Å². The predicted molar refractivity (Wildman–Crippen MR) is 60.8 cm³/mol. The number of rotatable bonds is 3. The van der Waals surface area contributed by atoms with Crippen molar-refractivity contribution < 1.29 is 14.3 Å². The molecule has 0 radical (unpaired) electrons. The number of esters is 1. The van der Waals surface area contributed by atoms with E-state index in [-0.39, 0.29) is 12.6 Å². The fraction of sp³-hybridized carbons (Fsp3) is 0.833. The van der Waals surface area contributed by atoms with Crippen LogP contribution in [-0.4, -0.2) is 24.5 Å². The van der Waals surface area contributed by atoms with Crippen LogP contribution in [0.3, 0.4) is 0 Å². The second-order valence-electron chi connectivity index (χ2n) is 4.38. The summed E-state index contributed by atoms with van der Waals surface area (Å²) in [6, 6.07) is 0.0669. The lowest BCUT2D eigenvalue weighted by atomic mass is 9.84. The van der Waals surface area contributed by atoms with Crippen LogP contribution < -0.4 is 5.32 Å². The van der Waals surface area contributed by atoms with Gasteiger partial charge in [0.1, 0.15) is 0 Å². The second kappa shape index (κ2) is 6.51. The summed E-state index contributed by atoms with van der Waals surface area (Å²) >= 11 is 0.